The molecule has 1 heterocycles. The zero-order chi connectivity index (χ0) is 23.1. The lowest BCUT2D eigenvalue weighted by atomic mass is 9.69. The molecule has 1 unspecified atom stereocenters. The average Bonchev–Trinajstić information content (AvgIpc) is 2.65. The van der Waals surface area contributed by atoms with Crippen LogP contribution in [0.2, 0.25) is 0 Å². The van der Waals surface area contributed by atoms with Gasteiger partial charge in [-0.3, -0.25) is 20.2 Å². The predicted octanol–water partition coefficient (Wildman–Crippen LogP) is 1.41. The van der Waals surface area contributed by atoms with Crippen molar-refractivity contribution in [3.63, 3.8) is 0 Å². The van der Waals surface area contributed by atoms with Crippen molar-refractivity contribution >= 4 is 21.7 Å². The van der Waals surface area contributed by atoms with Gasteiger partial charge in [-0.1, -0.05) is 27.7 Å². The Morgan fingerprint density at radius 2 is 1.70 bits per heavy atom. The number of hydrogen-bond donors (Lipinski definition) is 4. The molecule has 0 spiro atoms. The highest BCUT2D eigenvalue weighted by molar-refractivity contribution is 7.92. The Morgan fingerprint density at radius 1 is 1.13 bits per heavy atom. The smallest absolute Gasteiger partial charge is 0.248 e. The lowest BCUT2D eigenvalue weighted by Crippen LogP contribution is -2.59. The van der Waals surface area contributed by atoms with Crippen LogP contribution in [-0.2, 0) is 24.2 Å². The first-order valence-corrected chi connectivity index (χ1v) is 12.5. The van der Waals surface area contributed by atoms with Crippen LogP contribution in [0.1, 0.15) is 59.8 Å². The fourth-order valence-electron chi connectivity index (χ4n) is 4.87. The molecule has 2 amide bonds. The van der Waals surface area contributed by atoms with E-state index in [1.54, 1.807) is 5.48 Å². The molecule has 0 aliphatic carbocycles. The number of ether oxygens (including phenoxy) is 1. The Hall–Kier alpha value is -1.23. The van der Waals surface area contributed by atoms with E-state index >= 15 is 0 Å². The van der Waals surface area contributed by atoms with Gasteiger partial charge >= 0.3 is 0 Å². The lowest BCUT2D eigenvalue weighted by molar-refractivity contribution is -0.143. The maximum Gasteiger partial charge on any atom is 0.248 e. The topological polar surface area (TPSA) is 148 Å². The molecular formula is C20H39N3O6S. The first-order valence-electron chi connectivity index (χ1n) is 10.6. The fourth-order valence-corrected chi connectivity index (χ4v) is 6.78. The summed E-state index contributed by atoms with van der Waals surface area (Å²) >= 11 is 0. The number of hydrogen-bond acceptors (Lipinski definition) is 7. The quantitative estimate of drug-likeness (QED) is 0.161. The maximum atomic E-state index is 13.4. The highest BCUT2D eigenvalue weighted by Gasteiger charge is 2.56. The largest absolute Gasteiger partial charge is 0.381 e. The van der Waals surface area contributed by atoms with Crippen molar-refractivity contribution in [3.05, 3.63) is 0 Å². The van der Waals surface area contributed by atoms with Crippen LogP contribution in [0.4, 0.5) is 0 Å². The van der Waals surface area contributed by atoms with Gasteiger partial charge in [-0.15, -0.1) is 0 Å². The number of nitrogens with two attached hydrogens (primary N) is 1. The van der Waals surface area contributed by atoms with Crippen molar-refractivity contribution in [1.29, 1.82) is 0 Å². The van der Waals surface area contributed by atoms with Crippen LogP contribution in [0.5, 0.6) is 0 Å². The first-order chi connectivity index (χ1) is 13.9. The summed E-state index contributed by atoms with van der Waals surface area (Å²) < 4.78 is 30.6. The van der Waals surface area contributed by atoms with Gasteiger partial charge in [0.25, 0.3) is 0 Å². The third-order valence-electron chi connectivity index (χ3n) is 6.03. The minimum absolute atomic E-state index is 0.000633. The summed E-state index contributed by atoms with van der Waals surface area (Å²) in [5.41, 5.74) is 3.73. The summed E-state index contributed by atoms with van der Waals surface area (Å²) in [6.07, 6.45) is 3.15. The van der Waals surface area contributed by atoms with Crippen LogP contribution >= 0.6 is 0 Å². The summed E-state index contributed by atoms with van der Waals surface area (Å²) in [5.74, 6) is 1.60. The van der Waals surface area contributed by atoms with Crippen molar-refractivity contribution in [2.45, 2.75) is 64.5 Å². The molecule has 1 saturated heterocycles. The van der Waals surface area contributed by atoms with Gasteiger partial charge in [0.05, 0.1) is 16.6 Å². The highest BCUT2D eigenvalue weighted by Crippen LogP contribution is 2.45. The summed E-state index contributed by atoms with van der Waals surface area (Å²) in [5, 5.41) is 9.53. The van der Waals surface area contributed by atoms with Gasteiger partial charge in [0.1, 0.15) is 0 Å². The van der Waals surface area contributed by atoms with Crippen LogP contribution in [0, 0.1) is 29.6 Å². The van der Waals surface area contributed by atoms with Gasteiger partial charge in [-0.05, 0) is 49.9 Å². The number of sulfone groups is 1. The van der Waals surface area contributed by atoms with E-state index in [1.807, 2.05) is 27.7 Å². The van der Waals surface area contributed by atoms with Gasteiger partial charge in [0, 0.05) is 19.5 Å². The number of amides is 2. The Kier molecular flexibility index (Phi) is 10.2. The van der Waals surface area contributed by atoms with Gasteiger partial charge in [-0.25, -0.2) is 19.7 Å². The molecule has 1 fully saturated rings. The van der Waals surface area contributed by atoms with Gasteiger partial charge in [0.15, 0.2) is 9.84 Å². The number of hydroxylamine groups is 1. The molecule has 0 aromatic carbocycles. The van der Waals surface area contributed by atoms with Crippen molar-refractivity contribution in [2.75, 3.05) is 19.5 Å². The Balaban J connectivity index is 3.70. The Labute approximate surface area is 180 Å². The molecule has 10 heteroatoms. The van der Waals surface area contributed by atoms with Crippen LogP contribution in [0.15, 0.2) is 0 Å². The minimum atomic E-state index is -3.83. The normalized spacial score (nSPS) is 19.9. The fraction of sp³-hybridized carbons (Fsp3) is 0.900. The standard InChI is InChI=1S/C20H39N3O6S/c1-13(2)10-16(18(24)22-21)17(19(25)23-26)20(11-14(3)4,30(5,27)28)12-15-6-8-29-9-7-15/h13-17,26H,6-12,21H2,1-5H3,(H,22,24)(H,23,25)/t16-,17+,20?/m1/s1. The molecule has 1 aliphatic heterocycles. The molecule has 0 aromatic rings. The third-order valence-corrected chi connectivity index (χ3v) is 8.10. The monoisotopic (exact) mass is 449 g/mol. The molecule has 1 aliphatic rings. The highest BCUT2D eigenvalue weighted by atomic mass is 32.2. The van der Waals surface area contributed by atoms with Crippen LogP contribution in [0.3, 0.4) is 0 Å². The molecule has 5 N–H and O–H groups in total. The molecule has 1 rings (SSSR count). The minimum Gasteiger partial charge on any atom is -0.381 e. The summed E-state index contributed by atoms with van der Waals surface area (Å²) in [7, 11) is -3.83. The number of nitrogens with one attached hydrogen (secondary N) is 2. The molecular weight excluding hydrogens is 410 g/mol. The average molecular weight is 450 g/mol. The van der Waals surface area contributed by atoms with Gasteiger partial charge in [0.2, 0.25) is 11.8 Å². The third kappa shape index (κ3) is 6.63. The summed E-state index contributed by atoms with van der Waals surface area (Å²) in [4.78, 5) is 25.7. The molecule has 3 atom stereocenters. The van der Waals surface area contributed by atoms with Gasteiger partial charge in [-0.2, -0.15) is 0 Å². The second-order valence-electron chi connectivity index (χ2n) is 9.39. The van der Waals surface area contributed by atoms with Crippen LogP contribution in [-0.4, -0.2) is 49.7 Å². The number of rotatable bonds is 11. The van der Waals surface area contributed by atoms with Gasteiger partial charge < -0.3 is 4.74 Å². The second-order valence-corrected chi connectivity index (χ2v) is 11.8. The molecule has 30 heavy (non-hydrogen) atoms. The number of carbonyl (C=O) groups excluding carboxylic acids is 2. The molecule has 0 aromatic heterocycles. The zero-order valence-electron chi connectivity index (χ0n) is 18.8. The predicted molar refractivity (Wildman–Crippen MR) is 114 cm³/mol. The van der Waals surface area contributed by atoms with E-state index in [2.05, 4.69) is 5.43 Å². The molecule has 0 saturated carbocycles. The first kappa shape index (κ1) is 26.8. The SMILES string of the molecule is CC(C)C[C@@H](C(=O)NN)[C@@H](C(=O)NO)C(CC(C)C)(CC1CCOCC1)S(C)(=O)=O. The van der Waals surface area contributed by atoms with Crippen molar-refractivity contribution in [1.82, 2.24) is 10.9 Å². The molecule has 0 radical (unpaired) electrons. The lowest BCUT2D eigenvalue weighted by Gasteiger charge is -2.45. The summed E-state index contributed by atoms with van der Waals surface area (Å²) in [6.45, 7) is 8.60. The molecule has 9 nitrogen and oxygen atoms in total. The van der Waals surface area contributed by atoms with Crippen LogP contribution in [0.25, 0.3) is 0 Å². The zero-order valence-corrected chi connectivity index (χ0v) is 19.6. The van der Waals surface area contributed by atoms with E-state index in [0.29, 0.717) is 26.1 Å². The van der Waals surface area contributed by atoms with Crippen molar-refractivity contribution in [2.24, 2.45) is 35.4 Å². The van der Waals surface area contributed by atoms with E-state index in [-0.39, 0.29) is 37.0 Å². The second kappa shape index (κ2) is 11.4. The maximum absolute atomic E-state index is 13.4. The summed E-state index contributed by atoms with van der Waals surface area (Å²) in [6, 6.07) is 0. The van der Waals surface area contributed by atoms with E-state index in [1.165, 1.54) is 0 Å². The number of carbonyl (C=O) groups is 2. The van der Waals surface area contributed by atoms with E-state index < -0.39 is 38.2 Å². The molecule has 176 valence electrons. The molecule has 0 bridgehead atoms. The van der Waals surface area contributed by atoms with Crippen molar-refractivity contribution < 1.29 is 28.0 Å². The Bertz CT molecular complexity index is 676. The van der Waals surface area contributed by atoms with Crippen molar-refractivity contribution in [3.8, 4) is 0 Å². The Morgan fingerprint density at radius 3 is 2.10 bits per heavy atom. The van der Waals surface area contributed by atoms with Crippen LogP contribution < -0.4 is 16.7 Å². The number of hydrazine groups is 1. The van der Waals surface area contributed by atoms with E-state index in [9.17, 15) is 23.2 Å². The van der Waals surface area contributed by atoms with E-state index in [0.717, 1.165) is 6.26 Å². The van der Waals surface area contributed by atoms with E-state index in [4.69, 9.17) is 10.6 Å².